The highest BCUT2D eigenvalue weighted by Crippen LogP contribution is 2.55. The summed E-state index contributed by atoms with van der Waals surface area (Å²) in [6.45, 7) is 2.42. The Morgan fingerprint density at radius 1 is 1.27 bits per heavy atom. The third-order valence-electron chi connectivity index (χ3n) is 3.30. The first-order chi connectivity index (χ1) is 11.9. The number of nitrogens with zero attached hydrogens (tertiary/aromatic N) is 1. The Hall–Kier alpha value is -0.610. The molecule has 26 heavy (non-hydrogen) atoms. The van der Waals surface area contributed by atoms with Crippen molar-refractivity contribution in [2.75, 3.05) is 53.9 Å². The highest BCUT2D eigenvalue weighted by molar-refractivity contribution is 8.56. The third kappa shape index (κ3) is 11.2. The molecule has 1 unspecified atom stereocenters. The Bertz CT molecular complexity index is 695. The summed E-state index contributed by atoms with van der Waals surface area (Å²) >= 11 is 1.42. The van der Waals surface area contributed by atoms with Crippen LogP contribution in [0.3, 0.4) is 0 Å². The Kier molecular flexibility index (Phi) is 11.0. The maximum absolute atomic E-state index is 12.1. The first-order valence-electron chi connectivity index (χ1n) is 7.72. The summed E-state index contributed by atoms with van der Waals surface area (Å²) < 4.78 is 54.3. The lowest BCUT2D eigenvalue weighted by molar-refractivity contribution is 0.314. The Morgan fingerprint density at radius 2 is 1.85 bits per heavy atom. The number of rotatable bonds is 9. The molecule has 11 heteroatoms. The maximum atomic E-state index is 12.1. The largest absolute Gasteiger partial charge is 0.726 e. The average Bonchev–Trinajstić information content (AvgIpc) is 2.54. The number of methoxy groups -OCH3 is 1. The van der Waals surface area contributed by atoms with Gasteiger partial charge in [-0.25, -0.2) is 8.42 Å². The van der Waals surface area contributed by atoms with E-state index in [9.17, 15) is 17.5 Å². The van der Waals surface area contributed by atoms with Crippen molar-refractivity contribution in [3.05, 3.63) is 24.3 Å². The zero-order valence-electron chi connectivity index (χ0n) is 16.0. The predicted octanol–water partition coefficient (Wildman–Crippen LogP) is 2.95. The van der Waals surface area contributed by atoms with Crippen LogP contribution in [0, 0.1) is 0 Å². The maximum Gasteiger partial charge on any atom is 0.254 e. The molecule has 1 rings (SSSR count). The minimum Gasteiger partial charge on any atom is -0.726 e. The second kappa shape index (κ2) is 11.3. The van der Waals surface area contributed by atoms with Gasteiger partial charge in [0.05, 0.1) is 47.2 Å². The van der Waals surface area contributed by atoms with Gasteiger partial charge in [0.2, 0.25) is 10.4 Å². The summed E-state index contributed by atoms with van der Waals surface area (Å²) in [6.07, 6.45) is 0. The Balaban J connectivity index is 0.000000896. The molecule has 1 aromatic rings. The average molecular weight is 429 g/mol. The summed E-state index contributed by atoms with van der Waals surface area (Å²) in [4.78, 5) is 0. The molecule has 1 aromatic carbocycles. The third-order valence-corrected chi connectivity index (χ3v) is 7.54. The van der Waals surface area contributed by atoms with Gasteiger partial charge in [0.15, 0.2) is 0 Å². The van der Waals surface area contributed by atoms with Gasteiger partial charge in [0, 0.05) is 12.7 Å². The van der Waals surface area contributed by atoms with Crippen LogP contribution in [0.4, 0.5) is 5.69 Å². The Labute approximate surface area is 160 Å². The first-order valence-corrected chi connectivity index (χ1v) is 12.7. The standard InChI is InChI=1S/C14H25NO3PS.CH4O4S/c1-6-18-19(5,16)20-11-10-15(2,3)13-8-7-9-14(12-13)17-4;1-5-6(2,3)4/h7-9,12H,6,10-11H2,1-5H3;1H3,(H,2,3,4)/q+1;/p-1. The van der Waals surface area contributed by atoms with E-state index >= 15 is 0 Å². The van der Waals surface area contributed by atoms with E-state index in [1.54, 1.807) is 13.8 Å². The number of ether oxygens (including phenoxy) is 1. The van der Waals surface area contributed by atoms with Crippen LogP contribution in [0.2, 0.25) is 0 Å². The van der Waals surface area contributed by atoms with Crippen molar-refractivity contribution in [1.29, 1.82) is 0 Å². The summed E-state index contributed by atoms with van der Waals surface area (Å²) in [5.74, 6) is 1.65. The number of benzene rings is 1. The van der Waals surface area contributed by atoms with E-state index in [1.165, 1.54) is 17.1 Å². The second-order valence-corrected chi connectivity index (χ2v) is 12.1. The minimum absolute atomic E-state index is 0.495. The molecule has 0 saturated carbocycles. The molecule has 0 aromatic heterocycles. The van der Waals surface area contributed by atoms with Crippen molar-refractivity contribution >= 4 is 34.0 Å². The molecule has 0 saturated heterocycles. The normalized spacial score (nSPS) is 14.1. The fourth-order valence-electron chi connectivity index (χ4n) is 1.82. The number of quaternary nitrogens is 1. The van der Waals surface area contributed by atoms with Gasteiger partial charge in [-0.05, 0) is 19.1 Å². The van der Waals surface area contributed by atoms with E-state index in [0.29, 0.717) is 6.61 Å². The van der Waals surface area contributed by atoms with Gasteiger partial charge in [0.25, 0.3) is 6.57 Å². The molecule has 0 amide bonds. The van der Waals surface area contributed by atoms with Crippen molar-refractivity contribution < 1.29 is 31.0 Å². The molecular weight excluding hydrogens is 401 g/mol. The molecule has 0 N–H and O–H groups in total. The monoisotopic (exact) mass is 429 g/mol. The molecule has 152 valence electrons. The highest BCUT2D eigenvalue weighted by atomic mass is 32.7. The molecule has 0 aliphatic rings. The second-order valence-electron chi connectivity index (χ2n) is 5.71. The van der Waals surface area contributed by atoms with Crippen LogP contribution in [0.5, 0.6) is 5.75 Å². The molecule has 0 aliphatic carbocycles. The van der Waals surface area contributed by atoms with E-state index in [0.717, 1.165) is 29.6 Å². The molecule has 0 radical (unpaired) electrons. The van der Waals surface area contributed by atoms with Crippen molar-refractivity contribution in [1.82, 2.24) is 4.48 Å². The lowest BCUT2D eigenvalue weighted by Crippen LogP contribution is -2.42. The SMILES string of the molecule is CCOP(C)(=O)SCC[N+](C)(C)c1cccc(OC)c1.COS(=O)(=O)[O-]. The van der Waals surface area contributed by atoms with Gasteiger partial charge in [-0.3, -0.25) is 13.2 Å². The predicted molar refractivity (Wildman–Crippen MR) is 106 cm³/mol. The van der Waals surface area contributed by atoms with Gasteiger partial charge >= 0.3 is 0 Å². The van der Waals surface area contributed by atoms with Crippen LogP contribution in [0.15, 0.2) is 24.3 Å². The zero-order chi connectivity index (χ0) is 20.4. The fraction of sp³-hybridized carbons (Fsp3) is 0.600. The summed E-state index contributed by atoms with van der Waals surface area (Å²) in [5.41, 5.74) is 1.17. The first kappa shape index (κ1) is 25.4. The smallest absolute Gasteiger partial charge is 0.254 e. The molecule has 0 bridgehead atoms. The molecule has 0 heterocycles. The minimum atomic E-state index is -4.41. The molecule has 1 atom stereocenters. The molecule has 0 spiro atoms. The summed E-state index contributed by atoms with van der Waals surface area (Å²) in [7, 11) is 2.34. The van der Waals surface area contributed by atoms with Gasteiger partial charge in [-0.15, -0.1) is 0 Å². The zero-order valence-corrected chi connectivity index (χ0v) is 18.5. The highest BCUT2D eigenvalue weighted by Gasteiger charge is 2.22. The van der Waals surface area contributed by atoms with E-state index in [1.807, 2.05) is 25.1 Å². The number of hydrogen-bond acceptors (Lipinski definition) is 8. The van der Waals surface area contributed by atoms with Crippen molar-refractivity contribution in [3.63, 3.8) is 0 Å². The van der Waals surface area contributed by atoms with E-state index in [2.05, 4.69) is 24.3 Å². The quantitative estimate of drug-likeness (QED) is 0.256. The van der Waals surface area contributed by atoms with Crippen LogP contribution in [-0.4, -0.2) is 66.9 Å². The lowest BCUT2D eigenvalue weighted by atomic mass is 10.2. The number of hydrogen-bond donors (Lipinski definition) is 0. The van der Waals surface area contributed by atoms with Gasteiger partial charge in [-0.2, -0.15) is 0 Å². The van der Waals surface area contributed by atoms with Crippen LogP contribution in [0.25, 0.3) is 0 Å². The van der Waals surface area contributed by atoms with Gasteiger partial charge in [-0.1, -0.05) is 17.4 Å². The summed E-state index contributed by atoms with van der Waals surface area (Å²) in [6, 6.07) is 8.06. The van der Waals surface area contributed by atoms with Crippen LogP contribution in [0.1, 0.15) is 6.92 Å². The van der Waals surface area contributed by atoms with E-state index in [-0.39, 0.29) is 0 Å². The van der Waals surface area contributed by atoms with E-state index < -0.39 is 17.0 Å². The molecular formula is C15H28NO7PS2. The fourth-order valence-corrected chi connectivity index (χ4v) is 5.02. The Morgan fingerprint density at radius 3 is 2.31 bits per heavy atom. The van der Waals surface area contributed by atoms with E-state index in [4.69, 9.17) is 9.26 Å². The topological polar surface area (TPSA) is 102 Å². The van der Waals surface area contributed by atoms with Crippen molar-refractivity contribution in [2.45, 2.75) is 6.92 Å². The van der Waals surface area contributed by atoms with Gasteiger partial charge in [0.1, 0.15) is 11.4 Å². The van der Waals surface area contributed by atoms with Crippen LogP contribution >= 0.6 is 18.0 Å². The lowest BCUT2D eigenvalue weighted by Gasteiger charge is -2.29. The molecule has 0 fully saturated rings. The van der Waals surface area contributed by atoms with Crippen molar-refractivity contribution in [2.24, 2.45) is 0 Å². The van der Waals surface area contributed by atoms with Crippen molar-refractivity contribution in [3.8, 4) is 5.75 Å². The van der Waals surface area contributed by atoms with Crippen LogP contribution < -0.4 is 9.22 Å². The summed E-state index contributed by atoms with van der Waals surface area (Å²) in [5, 5.41) is 0. The molecule has 8 nitrogen and oxygen atoms in total. The van der Waals surface area contributed by atoms with Crippen LogP contribution in [-0.2, 0) is 23.7 Å². The molecule has 0 aliphatic heterocycles. The van der Waals surface area contributed by atoms with Gasteiger partial charge < -0.3 is 13.8 Å².